The Morgan fingerprint density at radius 3 is 2.77 bits per heavy atom. The Morgan fingerprint density at radius 1 is 1.23 bits per heavy atom. The van der Waals surface area contributed by atoms with E-state index in [2.05, 4.69) is 9.71 Å². The van der Waals surface area contributed by atoms with Crippen molar-refractivity contribution < 1.29 is 12.8 Å². The van der Waals surface area contributed by atoms with Crippen LogP contribution in [0.4, 0.5) is 5.69 Å². The predicted octanol–water partition coefficient (Wildman–Crippen LogP) is 2.88. The van der Waals surface area contributed by atoms with Gasteiger partial charge in [0, 0.05) is 11.1 Å². The lowest BCUT2D eigenvalue weighted by Gasteiger charge is -2.11. The van der Waals surface area contributed by atoms with E-state index in [-0.39, 0.29) is 10.5 Å². The van der Waals surface area contributed by atoms with Crippen molar-refractivity contribution in [1.29, 1.82) is 0 Å². The van der Waals surface area contributed by atoms with E-state index in [1.807, 2.05) is 0 Å². The average Bonchev–Trinajstić information content (AvgIpc) is 2.82. The second-order valence-electron chi connectivity index (χ2n) is 4.69. The third-order valence-corrected chi connectivity index (χ3v) is 4.99. The van der Waals surface area contributed by atoms with Gasteiger partial charge in [-0.15, -0.1) is 0 Å². The largest absolute Gasteiger partial charge is 0.417 e. The number of fused-ring (bicyclic) bond motifs is 1. The third kappa shape index (κ3) is 2.60. The fourth-order valence-corrected chi connectivity index (χ4v) is 3.33. The monoisotopic (exact) mass is 338 g/mol. The van der Waals surface area contributed by atoms with Gasteiger partial charge >= 0.3 is 5.76 Å². The van der Waals surface area contributed by atoms with Crippen LogP contribution >= 0.6 is 11.6 Å². The SMILES string of the molecule is Cc1c(Cl)cccc1NS(=O)(=O)c1ccc2[nH]c(=O)oc2c1. The molecule has 0 amide bonds. The van der Waals surface area contributed by atoms with Gasteiger partial charge in [-0.25, -0.2) is 13.2 Å². The number of benzene rings is 2. The molecular formula is C14H11ClN2O4S. The fourth-order valence-electron chi connectivity index (χ4n) is 2.01. The van der Waals surface area contributed by atoms with Crippen LogP contribution in [0, 0.1) is 6.92 Å². The highest BCUT2D eigenvalue weighted by Crippen LogP contribution is 2.26. The first kappa shape index (κ1) is 14.7. The minimum atomic E-state index is -3.82. The van der Waals surface area contributed by atoms with Crippen molar-refractivity contribution in [2.45, 2.75) is 11.8 Å². The van der Waals surface area contributed by atoms with Crippen molar-refractivity contribution in [3.63, 3.8) is 0 Å². The van der Waals surface area contributed by atoms with E-state index in [1.54, 1.807) is 25.1 Å². The molecule has 8 heteroatoms. The first-order valence-electron chi connectivity index (χ1n) is 6.27. The molecule has 3 rings (SSSR count). The number of oxazole rings is 1. The van der Waals surface area contributed by atoms with Crippen LogP contribution < -0.4 is 10.5 Å². The second-order valence-corrected chi connectivity index (χ2v) is 6.78. The highest BCUT2D eigenvalue weighted by molar-refractivity contribution is 7.92. The van der Waals surface area contributed by atoms with E-state index in [0.29, 0.717) is 21.8 Å². The molecule has 2 N–H and O–H groups in total. The molecule has 0 bridgehead atoms. The molecule has 0 saturated heterocycles. The molecule has 0 spiro atoms. The first-order valence-corrected chi connectivity index (χ1v) is 8.14. The van der Waals surface area contributed by atoms with Gasteiger partial charge in [-0.3, -0.25) is 9.71 Å². The molecule has 114 valence electrons. The number of nitrogens with one attached hydrogen (secondary N) is 2. The Balaban J connectivity index is 2.04. The Bertz CT molecular complexity index is 1020. The number of hydrogen-bond acceptors (Lipinski definition) is 4. The van der Waals surface area contributed by atoms with E-state index in [1.165, 1.54) is 18.2 Å². The van der Waals surface area contributed by atoms with Crippen LogP contribution in [0.3, 0.4) is 0 Å². The van der Waals surface area contributed by atoms with Crippen LogP contribution in [0.1, 0.15) is 5.56 Å². The third-order valence-electron chi connectivity index (χ3n) is 3.21. The summed E-state index contributed by atoms with van der Waals surface area (Å²) in [4.78, 5) is 13.6. The van der Waals surface area contributed by atoms with E-state index >= 15 is 0 Å². The fraction of sp³-hybridized carbons (Fsp3) is 0.0714. The summed E-state index contributed by atoms with van der Waals surface area (Å²) < 4.78 is 32.2. The molecule has 0 aliphatic carbocycles. The standard InChI is InChI=1S/C14H11ClN2O4S/c1-8-10(15)3-2-4-11(8)17-22(19,20)9-5-6-12-13(7-9)21-14(18)16-12/h2-7,17H,1H3,(H,16,18). The molecule has 2 aromatic carbocycles. The Morgan fingerprint density at radius 2 is 2.00 bits per heavy atom. The van der Waals surface area contributed by atoms with Crippen molar-refractivity contribution in [3.05, 3.63) is 57.5 Å². The summed E-state index contributed by atoms with van der Waals surface area (Å²) in [5.74, 6) is -0.636. The lowest BCUT2D eigenvalue weighted by atomic mass is 10.2. The maximum Gasteiger partial charge on any atom is 0.417 e. The van der Waals surface area contributed by atoms with E-state index in [0.717, 1.165) is 0 Å². The molecule has 0 aliphatic heterocycles. The second kappa shape index (κ2) is 5.19. The van der Waals surface area contributed by atoms with Gasteiger partial charge in [-0.1, -0.05) is 17.7 Å². The number of H-pyrrole nitrogens is 1. The van der Waals surface area contributed by atoms with Gasteiger partial charge in [0.15, 0.2) is 5.58 Å². The van der Waals surface area contributed by atoms with Crippen LogP contribution in [0.2, 0.25) is 5.02 Å². The average molecular weight is 339 g/mol. The molecule has 0 aliphatic rings. The first-order chi connectivity index (χ1) is 10.4. The number of aromatic amines is 1. The molecular weight excluding hydrogens is 328 g/mol. The molecule has 0 unspecified atom stereocenters. The molecule has 0 radical (unpaired) electrons. The zero-order valence-electron chi connectivity index (χ0n) is 11.4. The van der Waals surface area contributed by atoms with Crippen molar-refractivity contribution in [1.82, 2.24) is 4.98 Å². The summed E-state index contributed by atoms with van der Waals surface area (Å²) in [6.07, 6.45) is 0. The van der Waals surface area contributed by atoms with Crippen molar-refractivity contribution in [2.24, 2.45) is 0 Å². The number of halogens is 1. The minimum Gasteiger partial charge on any atom is -0.408 e. The maximum absolute atomic E-state index is 12.4. The zero-order chi connectivity index (χ0) is 15.9. The Labute approximate surface area is 130 Å². The maximum atomic E-state index is 12.4. The minimum absolute atomic E-state index is 0.0119. The molecule has 0 saturated carbocycles. The number of rotatable bonds is 3. The van der Waals surface area contributed by atoms with Crippen LogP contribution in [0.15, 0.2) is 50.5 Å². The van der Waals surface area contributed by atoms with Gasteiger partial charge in [0.2, 0.25) is 0 Å². The lowest BCUT2D eigenvalue weighted by Crippen LogP contribution is -2.13. The van der Waals surface area contributed by atoms with Gasteiger partial charge < -0.3 is 4.42 Å². The molecule has 0 atom stereocenters. The smallest absolute Gasteiger partial charge is 0.408 e. The molecule has 3 aromatic rings. The Kier molecular flexibility index (Phi) is 3.46. The molecule has 6 nitrogen and oxygen atoms in total. The lowest BCUT2D eigenvalue weighted by molar-refractivity contribution is 0.554. The summed E-state index contributed by atoms with van der Waals surface area (Å²) in [5.41, 5.74) is 1.63. The van der Waals surface area contributed by atoms with E-state index in [9.17, 15) is 13.2 Å². The highest BCUT2D eigenvalue weighted by atomic mass is 35.5. The quantitative estimate of drug-likeness (QED) is 0.768. The Hall–Kier alpha value is -2.25. The van der Waals surface area contributed by atoms with Crippen molar-refractivity contribution in [2.75, 3.05) is 4.72 Å². The molecule has 22 heavy (non-hydrogen) atoms. The number of anilines is 1. The number of sulfonamides is 1. The summed E-state index contributed by atoms with van der Waals surface area (Å²) >= 11 is 5.98. The molecule has 1 aromatic heterocycles. The summed E-state index contributed by atoms with van der Waals surface area (Å²) in [6, 6.07) is 9.09. The molecule has 1 heterocycles. The van der Waals surface area contributed by atoms with E-state index in [4.69, 9.17) is 16.0 Å². The van der Waals surface area contributed by atoms with Crippen LogP contribution in [-0.4, -0.2) is 13.4 Å². The van der Waals surface area contributed by atoms with Crippen LogP contribution in [0.5, 0.6) is 0 Å². The number of aromatic nitrogens is 1. The molecule has 0 fully saturated rings. The van der Waals surface area contributed by atoms with E-state index < -0.39 is 15.8 Å². The van der Waals surface area contributed by atoms with Crippen molar-refractivity contribution in [3.8, 4) is 0 Å². The zero-order valence-corrected chi connectivity index (χ0v) is 13.0. The normalized spacial score (nSPS) is 11.7. The van der Waals surface area contributed by atoms with Crippen LogP contribution in [-0.2, 0) is 10.0 Å². The summed E-state index contributed by atoms with van der Waals surface area (Å²) in [7, 11) is -3.82. The topological polar surface area (TPSA) is 92.2 Å². The van der Waals surface area contributed by atoms with Crippen molar-refractivity contribution >= 4 is 38.4 Å². The highest BCUT2D eigenvalue weighted by Gasteiger charge is 2.17. The van der Waals surface area contributed by atoms with Gasteiger partial charge in [0.25, 0.3) is 10.0 Å². The van der Waals surface area contributed by atoms with Gasteiger partial charge in [-0.2, -0.15) is 0 Å². The van der Waals surface area contributed by atoms with Gasteiger partial charge in [0.05, 0.1) is 16.1 Å². The van der Waals surface area contributed by atoms with Gasteiger partial charge in [-0.05, 0) is 36.8 Å². The number of hydrogen-bond donors (Lipinski definition) is 2. The van der Waals surface area contributed by atoms with Crippen LogP contribution in [0.25, 0.3) is 11.1 Å². The summed E-state index contributed by atoms with van der Waals surface area (Å²) in [5, 5.41) is 0.465. The summed E-state index contributed by atoms with van der Waals surface area (Å²) in [6.45, 7) is 1.72. The van der Waals surface area contributed by atoms with Gasteiger partial charge in [0.1, 0.15) is 0 Å². The predicted molar refractivity (Wildman–Crippen MR) is 83.8 cm³/mol.